The van der Waals surface area contributed by atoms with E-state index in [0.29, 0.717) is 6.42 Å². The molecule has 0 bridgehead atoms. The molecule has 2 N–H and O–H groups in total. The Morgan fingerprint density at radius 2 is 1.50 bits per heavy atom. The summed E-state index contributed by atoms with van der Waals surface area (Å²) in [6.07, 6.45) is 1.20. The largest absolute Gasteiger partial charge is 0.378 e. The summed E-state index contributed by atoms with van der Waals surface area (Å²) < 4.78 is 13.6. The second-order valence-electron chi connectivity index (χ2n) is 8.71. The van der Waals surface area contributed by atoms with Crippen molar-refractivity contribution in [2.24, 2.45) is 0 Å². The maximum atomic E-state index is 13.6. The van der Waals surface area contributed by atoms with Crippen LogP contribution >= 0.6 is 0 Å². The van der Waals surface area contributed by atoms with Crippen molar-refractivity contribution in [2.75, 3.05) is 29.6 Å². The second-order valence-corrected chi connectivity index (χ2v) is 8.71. The van der Waals surface area contributed by atoms with Crippen LogP contribution in [0.5, 0.6) is 0 Å². The highest BCUT2D eigenvalue weighted by atomic mass is 19.1. The zero-order chi connectivity index (χ0) is 22.2. The van der Waals surface area contributed by atoms with Crippen LogP contribution in [0, 0.1) is 5.82 Å². The molecule has 1 aliphatic heterocycles. The maximum absolute atomic E-state index is 13.6. The van der Waals surface area contributed by atoms with Gasteiger partial charge in [-0.25, -0.2) is 4.39 Å². The van der Waals surface area contributed by atoms with Crippen LogP contribution in [0.4, 0.5) is 21.5 Å². The molecule has 3 aromatic rings. The molecule has 1 aliphatic carbocycles. The molecule has 3 aromatic carbocycles. The Balaban J connectivity index is 1.55. The minimum Gasteiger partial charge on any atom is -0.378 e. The second kappa shape index (κ2) is 8.15. The van der Waals surface area contributed by atoms with E-state index < -0.39 is 0 Å². The van der Waals surface area contributed by atoms with Gasteiger partial charge in [-0.2, -0.15) is 0 Å². The highest BCUT2D eigenvalue weighted by Gasteiger charge is 2.36. The maximum Gasteiger partial charge on any atom is 0.163 e. The number of hydrogen-bond donors (Lipinski definition) is 2. The molecule has 0 saturated carbocycles. The number of ketones is 1. The highest BCUT2D eigenvalue weighted by molar-refractivity contribution is 6.01. The van der Waals surface area contributed by atoms with Crippen LogP contribution in [0.25, 0.3) is 0 Å². The molecule has 162 valence electrons. The average Bonchev–Trinajstić information content (AvgIpc) is 2.96. The molecule has 5 rings (SSSR count). The SMILES string of the molecule is CN(C)c1ccc([C@H]2CC(=O)C3=C(C2)Nc2ccccc2N[C@H]3c2ccc(F)cc2)cc1. The van der Waals surface area contributed by atoms with Gasteiger partial charge in [0.25, 0.3) is 0 Å². The number of halogens is 1. The first kappa shape index (κ1) is 20.3. The summed E-state index contributed by atoms with van der Waals surface area (Å²) in [6.45, 7) is 0. The Kier molecular flexibility index (Phi) is 5.17. The van der Waals surface area contributed by atoms with E-state index in [-0.39, 0.29) is 23.6 Å². The number of allylic oxidation sites excluding steroid dienone is 1. The van der Waals surface area contributed by atoms with Crippen molar-refractivity contribution in [3.63, 3.8) is 0 Å². The molecular formula is C27H26FN3O. The monoisotopic (exact) mass is 427 g/mol. The molecule has 0 amide bonds. The van der Waals surface area contributed by atoms with Gasteiger partial charge in [0.15, 0.2) is 5.78 Å². The van der Waals surface area contributed by atoms with Crippen molar-refractivity contribution in [3.8, 4) is 0 Å². The molecule has 1 heterocycles. The number of carbonyl (C=O) groups is 1. The van der Waals surface area contributed by atoms with Crippen LogP contribution in [0.2, 0.25) is 0 Å². The highest BCUT2D eigenvalue weighted by Crippen LogP contribution is 2.44. The number of benzene rings is 3. The zero-order valence-electron chi connectivity index (χ0n) is 18.2. The van der Waals surface area contributed by atoms with Gasteiger partial charge in [0, 0.05) is 37.5 Å². The number of fused-ring (bicyclic) bond motifs is 1. The molecule has 0 radical (unpaired) electrons. The molecule has 4 nitrogen and oxygen atoms in total. The van der Waals surface area contributed by atoms with Crippen LogP contribution in [-0.4, -0.2) is 19.9 Å². The Morgan fingerprint density at radius 3 is 2.19 bits per heavy atom. The van der Waals surface area contributed by atoms with E-state index in [1.54, 1.807) is 12.1 Å². The lowest BCUT2D eigenvalue weighted by atomic mass is 9.78. The lowest BCUT2D eigenvalue weighted by Crippen LogP contribution is -2.26. The standard InChI is InChI=1S/C27H26FN3O/c1-31(2)21-13-9-17(10-14-21)19-15-24-26(25(32)16-19)27(18-7-11-20(28)12-8-18)30-23-6-4-3-5-22(23)29-24/h3-14,19,27,29-30H,15-16H2,1-2H3/t19-,27+/m1/s1. The van der Waals surface area contributed by atoms with Crippen molar-refractivity contribution < 1.29 is 9.18 Å². The molecule has 5 heteroatoms. The Bertz CT molecular complexity index is 1180. The first-order valence-corrected chi connectivity index (χ1v) is 10.9. The third-order valence-electron chi connectivity index (χ3n) is 6.39. The van der Waals surface area contributed by atoms with Gasteiger partial charge in [0.1, 0.15) is 5.82 Å². The predicted octanol–water partition coefficient (Wildman–Crippen LogP) is 5.87. The number of Topliss-reactive ketones (excluding diaryl/α,β-unsaturated/α-hetero) is 1. The lowest BCUT2D eigenvalue weighted by Gasteiger charge is -2.30. The third-order valence-corrected chi connectivity index (χ3v) is 6.39. The van der Waals surface area contributed by atoms with Crippen molar-refractivity contribution >= 4 is 22.8 Å². The predicted molar refractivity (Wildman–Crippen MR) is 128 cm³/mol. The molecule has 0 fully saturated rings. The molecule has 0 saturated heterocycles. The lowest BCUT2D eigenvalue weighted by molar-refractivity contribution is -0.116. The van der Waals surface area contributed by atoms with Gasteiger partial charge in [-0.1, -0.05) is 36.4 Å². The third kappa shape index (κ3) is 3.75. The van der Waals surface area contributed by atoms with Gasteiger partial charge in [0.05, 0.1) is 17.4 Å². The number of nitrogens with one attached hydrogen (secondary N) is 2. The van der Waals surface area contributed by atoms with Gasteiger partial charge in [0.2, 0.25) is 0 Å². The van der Waals surface area contributed by atoms with Gasteiger partial charge in [-0.15, -0.1) is 0 Å². The normalized spacial score (nSPS) is 19.9. The van der Waals surface area contributed by atoms with Crippen LogP contribution in [-0.2, 0) is 4.79 Å². The average molecular weight is 428 g/mol. The van der Waals surface area contributed by atoms with E-state index in [1.165, 1.54) is 17.7 Å². The van der Waals surface area contributed by atoms with E-state index in [1.807, 2.05) is 38.4 Å². The van der Waals surface area contributed by atoms with E-state index in [9.17, 15) is 9.18 Å². The number of rotatable bonds is 3. The fraction of sp³-hybridized carbons (Fsp3) is 0.222. The van der Waals surface area contributed by atoms with Crippen molar-refractivity contribution in [3.05, 3.63) is 101 Å². The molecule has 2 aliphatic rings. The minimum absolute atomic E-state index is 0.115. The summed E-state index contributed by atoms with van der Waals surface area (Å²) in [4.78, 5) is 15.6. The fourth-order valence-electron chi connectivity index (χ4n) is 4.68. The van der Waals surface area contributed by atoms with E-state index in [0.717, 1.165) is 40.3 Å². The zero-order valence-corrected chi connectivity index (χ0v) is 18.2. The van der Waals surface area contributed by atoms with E-state index >= 15 is 0 Å². The Hall–Kier alpha value is -3.60. The summed E-state index contributed by atoms with van der Waals surface area (Å²) in [7, 11) is 4.04. The smallest absolute Gasteiger partial charge is 0.163 e. The topological polar surface area (TPSA) is 44.4 Å². The first-order chi connectivity index (χ1) is 15.5. The number of hydrogen-bond acceptors (Lipinski definition) is 4. The molecule has 0 aromatic heterocycles. The van der Waals surface area contributed by atoms with Gasteiger partial charge in [-0.05, 0) is 59.9 Å². The Labute approximate surface area is 187 Å². The summed E-state index contributed by atoms with van der Waals surface area (Å²) in [5.74, 6) is -0.0505. The summed E-state index contributed by atoms with van der Waals surface area (Å²) in [5, 5.41) is 7.08. The number of para-hydroxylation sites is 2. The van der Waals surface area contributed by atoms with E-state index in [4.69, 9.17) is 0 Å². The first-order valence-electron chi connectivity index (χ1n) is 10.9. The molecule has 32 heavy (non-hydrogen) atoms. The van der Waals surface area contributed by atoms with Crippen LogP contribution < -0.4 is 15.5 Å². The summed E-state index contributed by atoms with van der Waals surface area (Å²) in [5.41, 5.74) is 6.74. The fourth-order valence-corrected chi connectivity index (χ4v) is 4.68. The van der Waals surface area contributed by atoms with E-state index in [2.05, 4.69) is 39.8 Å². The quantitative estimate of drug-likeness (QED) is 0.549. The minimum atomic E-state index is -0.327. The number of nitrogens with zero attached hydrogens (tertiary/aromatic N) is 1. The number of carbonyl (C=O) groups excluding carboxylic acids is 1. The Morgan fingerprint density at radius 1 is 0.844 bits per heavy atom. The molecule has 0 unspecified atom stereocenters. The van der Waals surface area contributed by atoms with Crippen molar-refractivity contribution in [1.82, 2.24) is 0 Å². The summed E-state index contributed by atoms with van der Waals surface area (Å²) in [6, 6.07) is 22.5. The van der Waals surface area contributed by atoms with Gasteiger partial charge < -0.3 is 15.5 Å². The van der Waals surface area contributed by atoms with Crippen LogP contribution in [0.15, 0.2) is 84.1 Å². The van der Waals surface area contributed by atoms with Crippen molar-refractivity contribution in [2.45, 2.75) is 24.8 Å². The molecule has 0 spiro atoms. The van der Waals surface area contributed by atoms with Crippen LogP contribution in [0.3, 0.4) is 0 Å². The molecular weight excluding hydrogens is 401 g/mol. The van der Waals surface area contributed by atoms with Crippen molar-refractivity contribution in [1.29, 1.82) is 0 Å². The van der Waals surface area contributed by atoms with Crippen LogP contribution in [0.1, 0.15) is 35.9 Å². The van der Waals surface area contributed by atoms with Gasteiger partial charge >= 0.3 is 0 Å². The van der Waals surface area contributed by atoms with Gasteiger partial charge in [-0.3, -0.25) is 4.79 Å². The number of anilines is 3. The summed E-state index contributed by atoms with van der Waals surface area (Å²) >= 11 is 0. The molecule has 2 atom stereocenters.